The van der Waals surface area contributed by atoms with Gasteiger partial charge in [-0.1, -0.05) is 6.07 Å². The van der Waals surface area contributed by atoms with Crippen molar-refractivity contribution >= 4 is 37.7 Å². The molecule has 1 aliphatic rings. The van der Waals surface area contributed by atoms with Crippen molar-refractivity contribution in [3.05, 3.63) is 22.7 Å². The second-order valence-electron chi connectivity index (χ2n) is 4.39. The highest BCUT2D eigenvalue weighted by atomic mass is 79.9. The van der Waals surface area contributed by atoms with Gasteiger partial charge in [0.2, 0.25) is 5.91 Å². The number of amides is 1. The van der Waals surface area contributed by atoms with Gasteiger partial charge in [-0.05, 0) is 28.1 Å². The monoisotopic (exact) mass is 351 g/mol. The third-order valence-electron chi connectivity index (χ3n) is 2.90. The molecule has 0 spiro atoms. The SMILES string of the molecule is O=C1CC(CS(=O)(=O)F)CN1c1cccc(Br)c1O. The molecule has 0 saturated carbocycles. The standard InChI is InChI=1S/C11H11BrFNO4S/c12-8-2-1-3-9(11(8)16)14-5-7(4-10(14)15)6-19(13,17)18/h1-3,7,16H,4-6H2. The molecule has 1 heterocycles. The number of rotatable bonds is 3. The second-order valence-corrected chi connectivity index (χ2v) is 6.65. The van der Waals surface area contributed by atoms with E-state index in [9.17, 15) is 22.2 Å². The molecule has 8 heteroatoms. The normalized spacial score (nSPS) is 20.0. The third-order valence-corrected chi connectivity index (χ3v) is 4.41. The predicted octanol–water partition coefficient (Wildman–Crippen LogP) is 1.81. The Morgan fingerprint density at radius 2 is 2.16 bits per heavy atom. The van der Waals surface area contributed by atoms with Gasteiger partial charge in [0.15, 0.2) is 5.75 Å². The molecule has 1 atom stereocenters. The molecule has 1 amide bonds. The lowest BCUT2D eigenvalue weighted by Gasteiger charge is -2.18. The Morgan fingerprint density at radius 1 is 1.47 bits per heavy atom. The largest absolute Gasteiger partial charge is 0.505 e. The fourth-order valence-electron chi connectivity index (χ4n) is 2.13. The molecule has 0 aromatic heterocycles. The first-order valence-corrected chi connectivity index (χ1v) is 7.82. The van der Waals surface area contributed by atoms with Crippen molar-refractivity contribution in [2.24, 2.45) is 5.92 Å². The van der Waals surface area contributed by atoms with Crippen LogP contribution in [0.15, 0.2) is 22.7 Å². The molecule has 1 aliphatic heterocycles. The minimum Gasteiger partial charge on any atom is -0.505 e. The van der Waals surface area contributed by atoms with E-state index in [1.165, 1.54) is 4.90 Å². The number of nitrogens with zero attached hydrogens (tertiary/aromatic N) is 1. The predicted molar refractivity (Wildman–Crippen MR) is 71.2 cm³/mol. The van der Waals surface area contributed by atoms with Crippen LogP contribution in [0.1, 0.15) is 6.42 Å². The van der Waals surface area contributed by atoms with Gasteiger partial charge in [0.05, 0.1) is 15.9 Å². The van der Waals surface area contributed by atoms with Crippen LogP contribution in [0.25, 0.3) is 0 Å². The summed E-state index contributed by atoms with van der Waals surface area (Å²) >= 11 is 3.13. The zero-order valence-electron chi connectivity index (χ0n) is 9.71. The molecular weight excluding hydrogens is 341 g/mol. The minimum absolute atomic E-state index is 0.0465. The van der Waals surface area contributed by atoms with Gasteiger partial charge in [-0.3, -0.25) is 4.79 Å². The van der Waals surface area contributed by atoms with Gasteiger partial charge in [0.25, 0.3) is 0 Å². The summed E-state index contributed by atoms with van der Waals surface area (Å²) in [7, 11) is -4.61. The van der Waals surface area contributed by atoms with E-state index in [4.69, 9.17) is 0 Å². The van der Waals surface area contributed by atoms with Crippen molar-refractivity contribution in [3.63, 3.8) is 0 Å². The highest BCUT2D eigenvalue weighted by Crippen LogP contribution is 2.37. The summed E-state index contributed by atoms with van der Waals surface area (Å²) in [6.07, 6.45) is -0.0465. The van der Waals surface area contributed by atoms with E-state index in [-0.39, 0.29) is 30.3 Å². The number of phenols is 1. The number of hydrogen-bond acceptors (Lipinski definition) is 4. The van der Waals surface area contributed by atoms with Gasteiger partial charge in [-0.25, -0.2) is 0 Å². The van der Waals surface area contributed by atoms with E-state index in [1.807, 2.05) is 0 Å². The summed E-state index contributed by atoms with van der Waals surface area (Å²) in [4.78, 5) is 13.1. The lowest BCUT2D eigenvalue weighted by atomic mass is 10.1. The van der Waals surface area contributed by atoms with Crippen molar-refractivity contribution in [3.8, 4) is 5.75 Å². The molecule has 104 valence electrons. The van der Waals surface area contributed by atoms with Crippen LogP contribution in [-0.4, -0.2) is 31.7 Å². The summed E-state index contributed by atoms with van der Waals surface area (Å²) in [5.41, 5.74) is 0.290. The lowest BCUT2D eigenvalue weighted by Crippen LogP contribution is -2.25. The summed E-state index contributed by atoms with van der Waals surface area (Å²) in [6, 6.07) is 4.80. The van der Waals surface area contributed by atoms with Crippen molar-refractivity contribution in [1.82, 2.24) is 0 Å². The van der Waals surface area contributed by atoms with Crippen LogP contribution in [0.5, 0.6) is 5.75 Å². The Bertz CT molecular complexity index is 619. The highest BCUT2D eigenvalue weighted by Gasteiger charge is 2.34. The van der Waals surface area contributed by atoms with Crippen LogP contribution >= 0.6 is 15.9 Å². The number of carbonyl (C=O) groups excluding carboxylic acids is 1. The Hall–Kier alpha value is -1.15. The van der Waals surface area contributed by atoms with E-state index in [0.717, 1.165) is 0 Å². The molecule has 5 nitrogen and oxygen atoms in total. The lowest BCUT2D eigenvalue weighted by molar-refractivity contribution is -0.117. The van der Waals surface area contributed by atoms with E-state index < -0.39 is 21.9 Å². The highest BCUT2D eigenvalue weighted by molar-refractivity contribution is 9.10. The summed E-state index contributed by atoms with van der Waals surface area (Å²) < 4.78 is 34.3. The first-order valence-electron chi connectivity index (χ1n) is 5.48. The maximum atomic E-state index is 12.6. The minimum atomic E-state index is -4.61. The average molecular weight is 352 g/mol. The summed E-state index contributed by atoms with van der Waals surface area (Å²) in [6.45, 7) is 0.0754. The van der Waals surface area contributed by atoms with Crippen LogP contribution in [0.4, 0.5) is 9.57 Å². The zero-order valence-corrected chi connectivity index (χ0v) is 12.1. The van der Waals surface area contributed by atoms with Gasteiger partial charge < -0.3 is 10.0 Å². The Balaban J connectivity index is 2.23. The number of aromatic hydroxyl groups is 1. The number of anilines is 1. The number of halogens is 2. The van der Waals surface area contributed by atoms with Crippen molar-refractivity contribution in [1.29, 1.82) is 0 Å². The second kappa shape index (κ2) is 5.09. The van der Waals surface area contributed by atoms with Gasteiger partial charge in [-0.15, -0.1) is 3.89 Å². The van der Waals surface area contributed by atoms with Gasteiger partial charge in [0, 0.05) is 18.9 Å². The number of benzene rings is 1. The molecule has 0 bridgehead atoms. The molecule has 19 heavy (non-hydrogen) atoms. The quantitative estimate of drug-likeness (QED) is 0.842. The van der Waals surface area contributed by atoms with Gasteiger partial charge >= 0.3 is 10.2 Å². The smallest absolute Gasteiger partial charge is 0.302 e. The van der Waals surface area contributed by atoms with Crippen LogP contribution < -0.4 is 4.90 Å². The van der Waals surface area contributed by atoms with Crippen molar-refractivity contribution in [2.45, 2.75) is 6.42 Å². The topological polar surface area (TPSA) is 74.7 Å². The molecule has 1 unspecified atom stereocenters. The molecule has 2 rings (SSSR count). The first kappa shape index (κ1) is 14.3. The van der Waals surface area contributed by atoms with E-state index >= 15 is 0 Å². The van der Waals surface area contributed by atoms with Crippen LogP contribution in [0.2, 0.25) is 0 Å². The first-order chi connectivity index (χ1) is 8.78. The number of carbonyl (C=O) groups is 1. The molecule has 1 aromatic rings. The number of hydrogen-bond donors (Lipinski definition) is 1. The van der Waals surface area contributed by atoms with Gasteiger partial charge in [0.1, 0.15) is 0 Å². The van der Waals surface area contributed by atoms with E-state index in [2.05, 4.69) is 15.9 Å². The number of phenolic OH excluding ortho intramolecular Hbond substituents is 1. The van der Waals surface area contributed by atoms with Crippen molar-refractivity contribution < 1.29 is 22.2 Å². The third kappa shape index (κ3) is 3.24. The van der Waals surface area contributed by atoms with Crippen LogP contribution in [-0.2, 0) is 15.0 Å². The van der Waals surface area contributed by atoms with E-state index in [1.54, 1.807) is 18.2 Å². The molecule has 1 fully saturated rings. The molecule has 1 saturated heterocycles. The van der Waals surface area contributed by atoms with Crippen LogP contribution in [0, 0.1) is 5.92 Å². The maximum Gasteiger partial charge on any atom is 0.302 e. The van der Waals surface area contributed by atoms with Gasteiger partial charge in [-0.2, -0.15) is 8.42 Å². The summed E-state index contributed by atoms with van der Waals surface area (Å²) in [5.74, 6) is -1.70. The zero-order chi connectivity index (χ0) is 14.2. The Morgan fingerprint density at radius 3 is 2.79 bits per heavy atom. The maximum absolute atomic E-state index is 12.6. The molecule has 0 radical (unpaired) electrons. The Kier molecular flexibility index (Phi) is 3.82. The van der Waals surface area contributed by atoms with E-state index in [0.29, 0.717) is 4.47 Å². The fraction of sp³-hybridized carbons (Fsp3) is 0.364. The summed E-state index contributed by atoms with van der Waals surface area (Å²) in [5, 5.41) is 9.86. The molecular formula is C11H11BrFNO4S. The van der Waals surface area contributed by atoms with Crippen LogP contribution in [0.3, 0.4) is 0 Å². The van der Waals surface area contributed by atoms with Crippen molar-refractivity contribution in [2.75, 3.05) is 17.2 Å². The molecule has 1 N–H and O–H groups in total. The number of para-hydroxylation sites is 1. The fourth-order valence-corrected chi connectivity index (χ4v) is 3.27. The molecule has 1 aromatic carbocycles. The average Bonchev–Trinajstić information content (AvgIpc) is 2.61. The Labute approximate surface area is 118 Å². The molecule has 0 aliphatic carbocycles.